The highest BCUT2D eigenvalue weighted by molar-refractivity contribution is 9.10. The molecule has 0 aliphatic carbocycles. The van der Waals surface area contributed by atoms with Gasteiger partial charge in [0.05, 0.1) is 12.2 Å². The second kappa shape index (κ2) is 6.77. The Morgan fingerprint density at radius 3 is 2.80 bits per heavy atom. The van der Waals surface area contributed by atoms with Gasteiger partial charge in [-0.25, -0.2) is 0 Å². The van der Waals surface area contributed by atoms with Crippen molar-refractivity contribution in [2.45, 2.75) is 6.92 Å². The van der Waals surface area contributed by atoms with Crippen LogP contribution in [0.15, 0.2) is 46.9 Å². The largest absolute Gasteiger partial charge is 0.493 e. The molecule has 104 valence electrons. The minimum atomic E-state index is -0.256. The van der Waals surface area contributed by atoms with Crippen LogP contribution < -0.4 is 10.1 Å². The first kappa shape index (κ1) is 14.9. The minimum Gasteiger partial charge on any atom is -0.493 e. The number of anilines is 1. The summed E-state index contributed by atoms with van der Waals surface area (Å²) >= 11 is 9.31. The monoisotopic (exact) mass is 353 g/mol. The molecule has 0 radical (unpaired) electrons. The standard InChI is InChI=1S/C15H13BrClNO2/c1-2-20-14-7-6-11(17)9-13(14)15(19)18-12-5-3-4-10(16)8-12/h3-9H,2H2,1H3,(H,18,19). The molecule has 2 rings (SSSR count). The van der Waals surface area contributed by atoms with Gasteiger partial charge in [-0.2, -0.15) is 0 Å². The van der Waals surface area contributed by atoms with Gasteiger partial charge < -0.3 is 10.1 Å². The summed E-state index contributed by atoms with van der Waals surface area (Å²) in [5.41, 5.74) is 1.12. The normalized spacial score (nSPS) is 10.2. The summed E-state index contributed by atoms with van der Waals surface area (Å²) in [6.07, 6.45) is 0. The van der Waals surface area contributed by atoms with Gasteiger partial charge >= 0.3 is 0 Å². The van der Waals surface area contributed by atoms with Crippen LogP contribution in [-0.2, 0) is 0 Å². The summed E-state index contributed by atoms with van der Waals surface area (Å²) in [5.74, 6) is 0.262. The number of benzene rings is 2. The minimum absolute atomic E-state index is 0.256. The number of hydrogen-bond acceptors (Lipinski definition) is 2. The van der Waals surface area contributed by atoms with Crippen LogP contribution in [0.3, 0.4) is 0 Å². The highest BCUT2D eigenvalue weighted by atomic mass is 79.9. The maximum atomic E-state index is 12.3. The topological polar surface area (TPSA) is 38.3 Å². The van der Waals surface area contributed by atoms with Crippen molar-refractivity contribution in [3.63, 3.8) is 0 Å². The van der Waals surface area contributed by atoms with E-state index in [-0.39, 0.29) is 5.91 Å². The third kappa shape index (κ3) is 3.74. The molecule has 0 unspecified atom stereocenters. The van der Waals surface area contributed by atoms with E-state index in [9.17, 15) is 4.79 Å². The van der Waals surface area contributed by atoms with E-state index in [0.29, 0.717) is 28.6 Å². The maximum Gasteiger partial charge on any atom is 0.259 e. The third-order valence-electron chi connectivity index (χ3n) is 2.57. The van der Waals surface area contributed by atoms with E-state index < -0.39 is 0 Å². The van der Waals surface area contributed by atoms with Gasteiger partial charge in [-0.05, 0) is 43.3 Å². The molecule has 0 bridgehead atoms. The summed E-state index contributed by atoms with van der Waals surface area (Å²) in [6, 6.07) is 12.4. The molecule has 1 N–H and O–H groups in total. The number of carbonyl (C=O) groups is 1. The Hall–Kier alpha value is -1.52. The Morgan fingerprint density at radius 2 is 2.10 bits per heavy atom. The first-order valence-electron chi connectivity index (χ1n) is 6.09. The number of nitrogens with one attached hydrogen (secondary N) is 1. The molecule has 0 saturated heterocycles. The van der Waals surface area contributed by atoms with Gasteiger partial charge in [0.15, 0.2) is 0 Å². The van der Waals surface area contributed by atoms with Crippen LogP contribution in [-0.4, -0.2) is 12.5 Å². The lowest BCUT2D eigenvalue weighted by Crippen LogP contribution is -2.13. The number of hydrogen-bond donors (Lipinski definition) is 1. The van der Waals surface area contributed by atoms with Gasteiger partial charge in [-0.15, -0.1) is 0 Å². The summed E-state index contributed by atoms with van der Waals surface area (Å²) in [6.45, 7) is 2.35. The second-order valence-corrected chi connectivity index (χ2v) is 5.39. The number of ether oxygens (including phenoxy) is 1. The van der Waals surface area contributed by atoms with E-state index in [1.165, 1.54) is 0 Å². The van der Waals surface area contributed by atoms with Crippen LogP contribution in [0.4, 0.5) is 5.69 Å². The lowest BCUT2D eigenvalue weighted by Gasteiger charge is -2.11. The van der Waals surface area contributed by atoms with Crippen molar-refractivity contribution in [3.8, 4) is 5.75 Å². The fourth-order valence-corrected chi connectivity index (χ4v) is 2.30. The molecule has 0 aliphatic rings. The summed E-state index contributed by atoms with van der Waals surface area (Å²) in [4.78, 5) is 12.3. The highest BCUT2D eigenvalue weighted by Gasteiger charge is 2.13. The molecular weight excluding hydrogens is 342 g/mol. The molecule has 3 nitrogen and oxygen atoms in total. The molecular formula is C15H13BrClNO2. The number of halogens is 2. The fourth-order valence-electron chi connectivity index (χ4n) is 1.73. The van der Waals surface area contributed by atoms with Gasteiger partial charge in [-0.1, -0.05) is 33.6 Å². The Labute approximate surface area is 131 Å². The molecule has 0 atom stereocenters. The van der Waals surface area contributed by atoms with E-state index in [1.54, 1.807) is 18.2 Å². The Balaban J connectivity index is 2.26. The lowest BCUT2D eigenvalue weighted by molar-refractivity contribution is 0.102. The van der Waals surface area contributed by atoms with Crippen molar-refractivity contribution in [2.75, 3.05) is 11.9 Å². The summed E-state index contributed by atoms with van der Waals surface area (Å²) in [7, 11) is 0. The second-order valence-electron chi connectivity index (χ2n) is 4.04. The van der Waals surface area contributed by atoms with E-state index >= 15 is 0 Å². The van der Waals surface area contributed by atoms with Crippen molar-refractivity contribution >= 4 is 39.1 Å². The average Bonchev–Trinajstić information content (AvgIpc) is 2.41. The first-order valence-corrected chi connectivity index (χ1v) is 7.26. The van der Waals surface area contributed by atoms with Crippen molar-refractivity contribution in [1.29, 1.82) is 0 Å². The summed E-state index contributed by atoms with van der Waals surface area (Å²) < 4.78 is 6.34. The van der Waals surface area contributed by atoms with Crippen molar-refractivity contribution in [2.24, 2.45) is 0 Å². The Bertz CT molecular complexity index is 631. The van der Waals surface area contributed by atoms with Crippen LogP contribution in [0, 0.1) is 0 Å². The van der Waals surface area contributed by atoms with Crippen LogP contribution in [0.25, 0.3) is 0 Å². The van der Waals surface area contributed by atoms with E-state index in [4.69, 9.17) is 16.3 Å². The molecule has 0 spiro atoms. The predicted molar refractivity (Wildman–Crippen MR) is 84.7 cm³/mol. The number of amides is 1. The molecule has 1 amide bonds. The van der Waals surface area contributed by atoms with Gasteiger partial charge in [0.25, 0.3) is 5.91 Å². The molecule has 0 heterocycles. The van der Waals surface area contributed by atoms with Crippen LogP contribution in [0.5, 0.6) is 5.75 Å². The van der Waals surface area contributed by atoms with Crippen LogP contribution in [0.2, 0.25) is 5.02 Å². The Kier molecular flexibility index (Phi) is 5.04. The maximum absolute atomic E-state index is 12.3. The average molecular weight is 355 g/mol. The quantitative estimate of drug-likeness (QED) is 0.860. The van der Waals surface area contributed by atoms with Crippen molar-refractivity contribution in [1.82, 2.24) is 0 Å². The predicted octanol–water partition coefficient (Wildman–Crippen LogP) is 4.75. The van der Waals surface area contributed by atoms with Gasteiger partial charge in [-0.3, -0.25) is 4.79 Å². The molecule has 5 heteroatoms. The molecule has 20 heavy (non-hydrogen) atoms. The molecule has 0 aromatic heterocycles. The zero-order valence-electron chi connectivity index (χ0n) is 10.8. The van der Waals surface area contributed by atoms with Crippen LogP contribution in [0.1, 0.15) is 17.3 Å². The molecule has 0 aliphatic heterocycles. The lowest BCUT2D eigenvalue weighted by atomic mass is 10.2. The number of carbonyl (C=O) groups excluding carboxylic acids is 1. The third-order valence-corrected chi connectivity index (χ3v) is 3.30. The fraction of sp³-hybridized carbons (Fsp3) is 0.133. The van der Waals surface area contributed by atoms with Gasteiger partial charge in [0.1, 0.15) is 5.75 Å². The molecule has 0 fully saturated rings. The highest BCUT2D eigenvalue weighted by Crippen LogP contribution is 2.24. The van der Waals surface area contributed by atoms with Gasteiger partial charge in [0.2, 0.25) is 0 Å². The molecule has 2 aromatic carbocycles. The first-order chi connectivity index (χ1) is 9.60. The molecule has 0 saturated carbocycles. The summed E-state index contributed by atoms with van der Waals surface area (Å²) in [5, 5.41) is 3.31. The number of rotatable bonds is 4. The van der Waals surface area contributed by atoms with E-state index in [1.807, 2.05) is 31.2 Å². The SMILES string of the molecule is CCOc1ccc(Cl)cc1C(=O)Nc1cccc(Br)c1. The van der Waals surface area contributed by atoms with E-state index in [2.05, 4.69) is 21.2 Å². The van der Waals surface area contributed by atoms with Gasteiger partial charge in [0, 0.05) is 15.2 Å². The zero-order valence-corrected chi connectivity index (χ0v) is 13.2. The van der Waals surface area contributed by atoms with E-state index in [0.717, 1.165) is 4.47 Å². The van der Waals surface area contributed by atoms with Crippen LogP contribution >= 0.6 is 27.5 Å². The van der Waals surface area contributed by atoms with Crippen molar-refractivity contribution in [3.05, 3.63) is 57.5 Å². The zero-order chi connectivity index (χ0) is 14.5. The van der Waals surface area contributed by atoms with Crippen molar-refractivity contribution < 1.29 is 9.53 Å². The smallest absolute Gasteiger partial charge is 0.259 e. The Morgan fingerprint density at radius 1 is 1.30 bits per heavy atom. The molecule has 2 aromatic rings.